The Hall–Kier alpha value is -2.62. The number of rotatable bonds is 6. The van der Waals surface area contributed by atoms with E-state index in [2.05, 4.69) is 15.4 Å². The molecule has 1 aliphatic carbocycles. The van der Waals surface area contributed by atoms with Gasteiger partial charge in [-0.3, -0.25) is 14.4 Å². The van der Waals surface area contributed by atoms with E-state index in [1.165, 1.54) is 24.3 Å². The summed E-state index contributed by atoms with van der Waals surface area (Å²) in [5.41, 5.74) is 0.148. The standard InChI is InChI=1S/C25H15Cl5F2N2O4/c1-10(35)38-22-17(31)4-5-18(21(22)32)34-23(36)15-9-14(2-3-16(15)28)33-24(37)20-19(25(20,29)30)11-6-12(26)8-13(27)7-11/h2-9,19-20H,1H3,(H,33,37)(H,34,36)/t19-,20+/m0/s1. The van der Waals surface area contributed by atoms with E-state index in [0.29, 0.717) is 15.6 Å². The van der Waals surface area contributed by atoms with Crippen molar-refractivity contribution in [2.45, 2.75) is 17.2 Å². The highest BCUT2D eigenvalue weighted by Crippen LogP contribution is 2.65. The normalized spacial score (nSPS) is 17.5. The summed E-state index contributed by atoms with van der Waals surface area (Å²) in [4.78, 5) is 37.0. The summed E-state index contributed by atoms with van der Waals surface area (Å²) >= 11 is 31.0. The van der Waals surface area contributed by atoms with Crippen LogP contribution in [-0.2, 0) is 9.59 Å². The van der Waals surface area contributed by atoms with Crippen LogP contribution in [0.3, 0.4) is 0 Å². The monoisotopic (exact) mass is 620 g/mol. The van der Waals surface area contributed by atoms with Crippen molar-refractivity contribution < 1.29 is 27.9 Å². The molecule has 6 nitrogen and oxygen atoms in total. The zero-order valence-corrected chi connectivity index (χ0v) is 22.8. The zero-order valence-electron chi connectivity index (χ0n) is 19.1. The highest BCUT2D eigenvalue weighted by atomic mass is 35.5. The molecule has 0 aliphatic heterocycles. The van der Waals surface area contributed by atoms with Gasteiger partial charge in [-0.05, 0) is 54.1 Å². The third-order valence-electron chi connectivity index (χ3n) is 5.60. The van der Waals surface area contributed by atoms with Crippen LogP contribution < -0.4 is 15.4 Å². The van der Waals surface area contributed by atoms with Gasteiger partial charge in [0.25, 0.3) is 5.91 Å². The first-order chi connectivity index (χ1) is 17.8. The molecule has 0 radical (unpaired) electrons. The number of anilines is 2. The minimum absolute atomic E-state index is 0.0230. The maximum absolute atomic E-state index is 14.7. The van der Waals surface area contributed by atoms with Crippen LogP contribution in [-0.4, -0.2) is 22.1 Å². The Bertz CT molecular complexity index is 1460. The van der Waals surface area contributed by atoms with Crippen LogP contribution in [0, 0.1) is 17.6 Å². The number of halogens is 7. The Morgan fingerprint density at radius 2 is 1.58 bits per heavy atom. The Morgan fingerprint density at radius 1 is 0.921 bits per heavy atom. The molecule has 0 heterocycles. The highest BCUT2D eigenvalue weighted by Gasteiger charge is 2.67. The number of hydrogen-bond acceptors (Lipinski definition) is 4. The lowest BCUT2D eigenvalue weighted by Gasteiger charge is -2.12. The van der Waals surface area contributed by atoms with Crippen LogP contribution in [0.5, 0.6) is 5.75 Å². The fourth-order valence-corrected chi connectivity index (χ4v) is 5.45. The number of esters is 1. The first kappa shape index (κ1) is 28.4. The Morgan fingerprint density at radius 3 is 2.21 bits per heavy atom. The fraction of sp³-hybridized carbons (Fsp3) is 0.160. The lowest BCUT2D eigenvalue weighted by molar-refractivity contribution is -0.132. The summed E-state index contributed by atoms with van der Waals surface area (Å²) in [7, 11) is 0. The second-order valence-electron chi connectivity index (χ2n) is 8.30. The molecule has 0 aromatic heterocycles. The van der Waals surface area contributed by atoms with Gasteiger partial charge in [0.05, 0.1) is 22.2 Å². The average molecular weight is 623 g/mol. The predicted octanol–water partition coefficient (Wildman–Crippen LogP) is 7.63. The second kappa shape index (κ2) is 10.9. The van der Waals surface area contributed by atoms with Gasteiger partial charge in [0, 0.05) is 28.6 Å². The van der Waals surface area contributed by atoms with Crippen LogP contribution >= 0.6 is 58.0 Å². The predicted molar refractivity (Wildman–Crippen MR) is 143 cm³/mol. The van der Waals surface area contributed by atoms with Crippen molar-refractivity contribution in [3.05, 3.63) is 86.4 Å². The van der Waals surface area contributed by atoms with E-state index in [4.69, 9.17) is 58.0 Å². The molecular weight excluding hydrogens is 608 g/mol. The van der Waals surface area contributed by atoms with Gasteiger partial charge in [-0.25, -0.2) is 8.78 Å². The molecule has 3 aromatic carbocycles. The number of benzene rings is 3. The molecule has 3 aromatic rings. The van der Waals surface area contributed by atoms with Crippen molar-refractivity contribution in [2.24, 2.45) is 5.92 Å². The van der Waals surface area contributed by atoms with Crippen molar-refractivity contribution in [3.8, 4) is 5.75 Å². The van der Waals surface area contributed by atoms with Gasteiger partial charge in [-0.15, -0.1) is 23.2 Å². The van der Waals surface area contributed by atoms with Crippen molar-refractivity contribution in [1.82, 2.24) is 0 Å². The minimum atomic E-state index is -1.43. The molecule has 2 atom stereocenters. The number of alkyl halides is 2. The van der Waals surface area contributed by atoms with Crippen LogP contribution in [0.2, 0.25) is 15.1 Å². The third kappa shape index (κ3) is 5.84. The quantitative estimate of drug-likeness (QED) is 0.168. The Kier molecular flexibility index (Phi) is 8.12. The summed E-state index contributed by atoms with van der Waals surface area (Å²) < 4.78 is 31.6. The summed E-state index contributed by atoms with van der Waals surface area (Å²) in [6, 6.07) is 10.5. The summed E-state index contributed by atoms with van der Waals surface area (Å²) in [6.07, 6.45) is 0. The first-order valence-corrected chi connectivity index (χ1v) is 12.6. The van der Waals surface area contributed by atoms with E-state index in [1.807, 2.05) is 0 Å². The molecule has 2 amide bonds. The smallest absolute Gasteiger partial charge is 0.308 e. The topological polar surface area (TPSA) is 84.5 Å². The molecular formula is C25H15Cl5F2N2O4. The van der Waals surface area contributed by atoms with E-state index in [-0.39, 0.29) is 16.3 Å². The van der Waals surface area contributed by atoms with Crippen LogP contribution in [0.15, 0.2) is 48.5 Å². The third-order valence-corrected chi connectivity index (χ3v) is 7.31. The van der Waals surface area contributed by atoms with E-state index in [1.54, 1.807) is 12.1 Å². The molecule has 2 N–H and O–H groups in total. The van der Waals surface area contributed by atoms with Gasteiger partial charge in [-0.2, -0.15) is 0 Å². The molecule has 0 spiro atoms. The van der Waals surface area contributed by atoms with E-state index in [0.717, 1.165) is 19.1 Å². The van der Waals surface area contributed by atoms with Gasteiger partial charge in [0.15, 0.2) is 11.6 Å². The van der Waals surface area contributed by atoms with E-state index < -0.39 is 57.0 Å². The maximum atomic E-state index is 14.7. The molecule has 0 bridgehead atoms. The summed E-state index contributed by atoms with van der Waals surface area (Å²) in [5.74, 6) is -7.22. The highest BCUT2D eigenvalue weighted by molar-refractivity contribution is 6.53. The average Bonchev–Trinajstić information content (AvgIpc) is 3.41. The Balaban J connectivity index is 1.53. The minimum Gasteiger partial charge on any atom is -0.420 e. The van der Waals surface area contributed by atoms with Gasteiger partial charge < -0.3 is 15.4 Å². The Labute approximate surface area is 240 Å². The SMILES string of the molecule is CC(=O)Oc1c(F)ccc(NC(=O)c2cc(NC(=O)[C@H]3[C@H](c4cc(Cl)cc(Cl)c4)C3(Cl)Cl)ccc2Cl)c1F. The first-order valence-electron chi connectivity index (χ1n) is 10.7. The number of hydrogen-bond donors (Lipinski definition) is 2. The number of carbonyl (C=O) groups is 3. The second-order valence-corrected chi connectivity index (χ2v) is 11.0. The lowest BCUT2D eigenvalue weighted by atomic mass is 10.1. The fourth-order valence-electron chi connectivity index (χ4n) is 3.88. The van der Waals surface area contributed by atoms with Crippen molar-refractivity contribution in [3.63, 3.8) is 0 Å². The molecule has 198 valence electrons. The largest absolute Gasteiger partial charge is 0.420 e. The van der Waals surface area contributed by atoms with Gasteiger partial charge in [-0.1, -0.05) is 34.8 Å². The van der Waals surface area contributed by atoms with Crippen molar-refractivity contribution in [2.75, 3.05) is 10.6 Å². The number of nitrogens with one attached hydrogen (secondary N) is 2. The van der Waals surface area contributed by atoms with Crippen LogP contribution in [0.4, 0.5) is 20.2 Å². The van der Waals surface area contributed by atoms with Crippen molar-refractivity contribution >= 4 is 87.2 Å². The number of ether oxygens (including phenoxy) is 1. The van der Waals surface area contributed by atoms with Gasteiger partial charge >= 0.3 is 5.97 Å². The summed E-state index contributed by atoms with van der Waals surface area (Å²) in [6.45, 7) is 0.968. The van der Waals surface area contributed by atoms with E-state index in [9.17, 15) is 23.2 Å². The molecule has 0 saturated heterocycles. The molecule has 4 rings (SSSR count). The van der Waals surface area contributed by atoms with Crippen LogP contribution in [0.25, 0.3) is 0 Å². The molecule has 13 heteroatoms. The summed E-state index contributed by atoms with van der Waals surface area (Å²) in [5, 5.41) is 5.56. The number of carbonyl (C=O) groups excluding carboxylic acids is 3. The van der Waals surface area contributed by atoms with Crippen molar-refractivity contribution in [1.29, 1.82) is 0 Å². The van der Waals surface area contributed by atoms with Gasteiger partial charge in [0.1, 0.15) is 4.33 Å². The molecule has 0 unspecified atom stereocenters. The molecule has 1 saturated carbocycles. The molecule has 38 heavy (non-hydrogen) atoms. The lowest BCUT2D eigenvalue weighted by Crippen LogP contribution is -2.18. The zero-order chi connectivity index (χ0) is 27.9. The number of amides is 2. The molecule has 1 fully saturated rings. The maximum Gasteiger partial charge on any atom is 0.308 e. The molecule has 1 aliphatic rings. The van der Waals surface area contributed by atoms with Crippen LogP contribution in [0.1, 0.15) is 28.8 Å². The van der Waals surface area contributed by atoms with E-state index >= 15 is 0 Å². The van der Waals surface area contributed by atoms with Gasteiger partial charge in [0.2, 0.25) is 11.7 Å².